The van der Waals surface area contributed by atoms with Crippen LogP contribution < -0.4 is 5.32 Å². The normalized spacial score (nSPS) is 28.1. The fourth-order valence-electron chi connectivity index (χ4n) is 3.02. The average molecular weight is 288 g/mol. The summed E-state index contributed by atoms with van der Waals surface area (Å²) < 4.78 is 11.3. The molecule has 0 bridgehead atoms. The van der Waals surface area contributed by atoms with Crippen molar-refractivity contribution < 1.29 is 4.21 Å². The van der Waals surface area contributed by atoms with Gasteiger partial charge in [-0.1, -0.05) is 34.1 Å². The molecule has 0 aromatic heterocycles. The highest BCUT2D eigenvalue weighted by molar-refractivity contribution is 7.84. The van der Waals surface area contributed by atoms with Gasteiger partial charge in [-0.3, -0.25) is 4.21 Å². The SMILES string of the molecule is CCC(C)(C)C1CCC(NCCC(C)S(C)=O)CC1. The summed E-state index contributed by atoms with van der Waals surface area (Å²) in [4.78, 5) is 0. The fraction of sp³-hybridized carbons (Fsp3) is 1.00. The molecule has 0 aliphatic heterocycles. The minimum Gasteiger partial charge on any atom is -0.314 e. The topological polar surface area (TPSA) is 29.1 Å². The Bertz CT molecular complexity index is 282. The van der Waals surface area contributed by atoms with Crippen LogP contribution in [0, 0.1) is 11.3 Å². The van der Waals surface area contributed by atoms with Crippen LogP contribution in [0.1, 0.15) is 66.2 Å². The highest BCUT2D eigenvalue weighted by Crippen LogP contribution is 2.40. The van der Waals surface area contributed by atoms with Crippen LogP contribution in [-0.4, -0.2) is 28.3 Å². The maximum absolute atomic E-state index is 11.3. The van der Waals surface area contributed by atoms with Crippen LogP contribution >= 0.6 is 0 Å². The predicted molar refractivity (Wildman–Crippen MR) is 86.0 cm³/mol. The van der Waals surface area contributed by atoms with Gasteiger partial charge in [0.25, 0.3) is 0 Å². The van der Waals surface area contributed by atoms with Gasteiger partial charge >= 0.3 is 0 Å². The lowest BCUT2D eigenvalue weighted by Crippen LogP contribution is -2.38. The molecule has 2 unspecified atom stereocenters. The Labute approximate surface area is 122 Å². The molecule has 1 rings (SSSR count). The van der Waals surface area contributed by atoms with E-state index in [0.29, 0.717) is 16.7 Å². The smallest absolute Gasteiger partial charge is 0.0329 e. The van der Waals surface area contributed by atoms with Gasteiger partial charge in [0.1, 0.15) is 0 Å². The van der Waals surface area contributed by atoms with Gasteiger partial charge in [-0.15, -0.1) is 0 Å². The third kappa shape index (κ3) is 5.55. The second kappa shape index (κ2) is 7.78. The molecule has 2 nitrogen and oxygen atoms in total. The molecule has 0 heterocycles. The van der Waals surface area contributed by atoms with Crippen molar-refractivity contribution in [3.63, 3.8) is 0 Å². The highest BCUT2D eigenvalue weighted by atomic mass is 32.2. The molecule has 19 heavy (non-hydrogen) atoms. The molecule has 0 aromatic rings. The Hall–Kier alpha value is 0.110. The zero-order chi connectivity index (χ0) is 14.5. The summed E-state index contributed by atoms with van der Waals surface area (Å²) in [5.41, 5.74) is 0.512. The number of hydrogen-bond donors (Lipinski definition) is 1. The van der Waals surface area contributed by atoms with Gasteiger partial charge in [-0.2, -0.15) is 0 Å². The van der Waals surface area contributed by atoms with Gasteiger partial charge in [0.05, 0.1) is 0 Å². The largest absolute Gasteiger partial charge is 0.314 e. The van der Waals surface area contributed by atoms with Crippen molar-refractivity contribution in [1.82, 2.24) is 5.32 Å². The zero-order valence-corrected chi connectivity index (χ0v) is 14.3. The van der Waals surface area contributed by atoms with E-state index in [2.05, 4.69) is 33.0 Å². The quantitative estimate of drug-likeness (QED) is 0.773. The first-order chi connectivity index (χ1) is 8.86. The van der Waals surface area contributed by atoms with Gasteiger partial charge in [-0.25, -0.2) is 0 Å². The summed E-state index contributed by atoms with van der Waals surface area (Å²) in [5.74, 6) is 0.901. The molecule has 0 radical (unpaired) electrons. The first kappa shape index (κ1) is 17.2. The van der Waals surface area contributed by atoms with E-state index in [-0.39, 0.29) is 0 Å². The summed E-state index contributed by atoms with van der Waals surface area (Å²) in [7, 11) is -0.676. The van der Waals surface area contributed by atoms with Crippen LogP contribution in [0.15, 0.2) is 0 Å². The van der Waals surface area contributed by atoms with Crippen molar-refractivity contribution in [3.05, 3.63) is 0 Å². The van der Waals surface area contributed by atoms with Crippen LogP contribution in [0.5, 0.6) is 0 Å². The lowest BCUT2D eigenvalue weighted by Gasteiger charge is -2.39. The van der Waals surface area contributed by atoms with E-state index in [4.69, 9.17) is 0 Å². The molecule has 1 saturated carbocycles. The third-order valence-corrected chi connectivity index (χ3v) is 6.66. The molecule has 1 aliphatic rings. The number of hydrogen-bond acceptors (Lipinski definition) is 2. The maximum Gasteiger partial charge on any atom is 0.0329 e. The number of nitrogens with one attached hydrogen (secondary N) is 1. The van der Waals surface area contributed by atoms with E-state index in [9.17, 15) is 4.21 Å². The van der Waals surface area contributed by atoms with Crippen molar-refractivity contribution in [2.75, 3.05) is 12.8 Å². The van der Waals surface area contributed by atoms with Gasteiger partial charge in [-0.05, 0) is 50.0 Å². The second-order valence-corrected chi connectivity index (χ2v) is 8.74. The molecule has 0 aromatic carbocycles. The molecule has 2 atom stereocenters. The van der Waals surface area contributed by atoms with E-state index >= 15 is 0 Å². The second-order valence-electron chi connectivity index (χ2n) is 6.94. The Morgan fingerprint density at radius 2 is 1.84 bits per heavy atom. The van der Waals surface area contributed by atoms with Crippen molar-refractivity contribution in [3.8, 4) is 0 Å². The Morgan fingerprint density at radius 1 is 1.26 bits per heavy atom. The fourth-order valence-corrected chi connectivity index (χ4v) is 3.47. The summed E-state index contributed by atoms with van der Waals surface area (Å²) in [6.07, 6.45) is 9.50. The Kier molecular flexibility index (Phi) is 7.02. The van der Waals surface area contributed by atoms with Gasteiger partial charge in [0.15, 0.2) is 0 Å². The van der Waals surface area contributed by atoms with Crippen molar-refractivity contribution in [1.29, 1.82) is 0 Å². The van der Waals surface area contributed by atoms with Crippen molar-refractivity contribution in [2.45, 2.75) is 77.5 Å². The van der Waals surface area contributed by atoms with Crippen molar-refractivity contribution >= 4 is 10.8 Å². The van der Waals surface area contributed by atoms with Crippen LogP contribution in [0.3, 0.4) is 0 Å². The standard InChI is InChI=1S/C16H33NOS/c1-6-16(3,4)14-7-9-15(10-8-14)17-12-11-13(2)19(5)18/h13-15,17H,6-12H2,1-5H3. The summed E-state index contributed by atoms with van der Waals surface area (Å²) in [6, 6.07) is 0.696. The molecule has 114 valence electrons. The summed E-state index contributed by atoms with van der Waals surface area (Å²) in [5, 5.41) is 3.99. The van der Waals surface area contributed by atoms with E-state index in [1.54, 1.807) is 0 Å². The molecule has 1 aliphatic carbocycles. The molecule has 0 spiro atoms. The maximum atomic E-state index is 11.3. The molecular weight excluding hydrogens is 254 g/mol. The average Bonchev–Trinajstić information content (AvgIpc) is 2.39. The van der Waals surface area contributed by atoms with Crippen molar-refractivity contribution in [2.24, 2.45) is 11.3 Å². The van der Waals surface area contributed by atoms with Crippen LogP contribution in [0.4, 0.5) is 0 Å². The lowest BCUT2D eigenvalue weighted by atomic mass is 9.69. The van der Waals surface area contributed by atoms with Gasteiger partial charge in [0.2, 0.25) is 0 Å². The van der Waals surface area contributed by atoms with Gasteiger partial charge < -0.3 is 5.32 Å². The van der Waals surface area contributed by atoms with Crippen LogP contribution in [-0.2, 0) is 10.8 Å². The molecule has 3 heteroatoms. The summed E-state index contributed by atoms with van der Waals surface area (Å²) >= 11 is 0. The van der Waals surface area contributed by atoms with E-state index in [1.807, 2.05) is 6.26 Å². The predicted octanol–water partition coefficient (Wildman–Crippen LogP) is 3.73. The summed E-state index contributed by atoms with van der Waals surface area (Å²) in [6.45, 7) is 10.3. The number of rotatable bonds is 7. The van der Waals surface area contributed by atoms with Crippen LogP contribution in [0.25, 0.3) is 0 Å². The molecule has 1 N–H and O–H groups in total. The van der Waals surface area contributed by atoms with E-state index in [0.717, 1.165) is 18.9 Å². The highest BCUT2D eigenvalue weighted by Gasteiger charge is 2.31. The minimum absolute atomic E-state index is 0.322. The third-order valence-electron chi connectivity index (χ3n) is 5.29. The first-order valence-electron chi connectivity index (χ1n) is 7.92. The molecular formula is C16H33NOS. The first-order valence-corrected chi connectivity index (χ1v) is 9.54. The van der Waals surface area contributed by atoms with E-state index in [1.165, 1.54) is 32.1 Å². The minimum atomic E-state index is -0.676. The molecule has 0 saturated heterocycles. The zero-order valence-electron chi connectivity index (χ0n) is 13.5. The molecule has 1 fully saturated rings. The Balaban J connectivity index is 2.22. The van der Waals surface area contributed by atoms with Gasteiger partial charge in [0, 0.05) is 28.3 Å². The lowest BCUT2D eigenvalue weighted by molar-refractivity contribution is 0.137. The Morgan fingerprint density at radius 3 is 2.32 bits per heavy atom. The molecule has 0 amide bonds. The monoisotopic (exact) mass is 287 g/mol. The van der Waals surface area contributed by atoms with Crippen LogP contribution in [0.2, 0.25) is 0 Å². The van der Waals surface area contributed by atoms with E-state index < -0.39 is 10.8 Å².